The van der Waals surface area contributed by atoms with E-state index in [4.69, 9.17) is 9.47 Å². The fourth-order valence-corrected chi connectivity index (χ4v) is 4.39. The molecule has 0 radical (unpaired) electrons. The van der Waals surface area contributed by atoms with E-state index in [1.807, 2.05) is 84.9 Å². The summed E-state index contributed by atoms with van der Waals surface area (Å²) in [6.07, 6.45) is -0.393. The highest BCUT2D eigenvalue weighted by molar-refractivity contribution is 5.87. The van der Waals surface area contributed by atoms with Gasteiger partial charge in [0.1, 0.15) is 12.6 Å². The van der Waals surface area contributed by atoms with E-state index in [1.54, 1.807) is 11.8 Å². The Morgan fingerprint density at radius 3 is 2.05 bits per heavy atom. The molecule has 198 valence electrons. The van der Waals surface area contributed by atoms with Crippen molar-refractivity contribution in [2.75, 3.05) is 37.7 Å². The number of piperazine rings is 1. The maximum Gasteiger partial charge on any atom is 0.408 e. The summed E-state index contributed by atoms with van der Waals surface area (Å²) in [6.45, 7) is 4.64. The molecule has 38 heavy (non-hydrogen) atoms. The van der Waals surface area contributed by atoms with E-state index in [9.17, 15) is 14.4 Å². The Hall–Kier alpha value is -4.33. The van der Waals surface area contributed by atoms with Gasteiger partial charge in [0.2, 0.25) is 5.91 Å². The maximum atomic E-state index is 13.5. The van der Waals surface area contributed by atoms with Crippen molar-refractivity contribution >= 4 is 23.7 Å². The molecule has 4 rings (SSSR count). The number of nitrogens with one attached hydrogen (secondary N) is 1. The van der Waals surface area contributed by atoms with Gasteiger partial charge >= 0.3 is 12.1 Å². The number of hydrogen-bond acceptors (Lipinski definition) is 6. The first-order valence-corrected chi connectivity index (χ1v) is 12.8. The molecule has 0 aromatic heterocycles. The maximum absolute atomic E-state index is 13.5. The van der Waals surface area contributed by atoms with Crippen LogP contribution in [0.25, 0.3) is 0 Å². The normalized spacial score (nSPS) is 13.9. The van der Waals surface area contributed by atoms with E-state index in [1.165, 1.54) is 0 Å². The Labute approximate surface area is 223 Å². The molecule has 3 aromatic carbocycles. The summed E-state index contributed by atoms with van der Waals surface area (Å²) in [5, 5.41) is 2.77. The lowest BCUT2D eigenvalue weighted by Gasteiger charge is -2.37. The molecule has 1 aliphatic heterocycles. The third-order valence-electron chi connectivity index (χ3n) is 6.40. The quantitative estimate of drug-likeness (QED) is 0.432. The van der Waals surface area contributed by atoms with Crippen molar-refractivity contribution in [3.05, 3.63) is 102 Å². The van der Waals surface area contributed by atoms with E-state index >= 15 is 0 Å². The van der Waals surface area contributed by atoms with Crippen LogP contribution in [0.2, 0.25) is 0 Å². The number of rotatable bonds is 9. The molecule has 0 spiro atoms. The molecule has 1 saturated heterocycles. The van der Waals surface area contributed by atoms with Gasteiger partial charge in [0.25, 0.3) is 0 Å². The van der Waals surface area contributed by atoms with Crippen molar-refractivity contribution in [3.63, 3.8) is 0 Å². The molecule has 0 aliphatic carbocycles. The number of nitrogens with zero attached hydrogens (tertiary/aromatic N) is 2. The minimum absolute atomic E-state index is 0.125. The minimum Gasteiger partial charge on any atom is -0.466 e. The van der Waals surface area contributed by atoms with Gasteiger partial charge in [-0.1, -0.05) is 72.8 Å². The fourth-order valence-electron chi connectivity index (χ4n) is 4.39. The average molecular weight is 516 g/mol. The zero-order valence-corrected chi connectivity index (χ0v) is 21.5. The second-order valence-electron chi connectivity index (χ2n) is 9.01. The van der Waals surface area contributed by atoms with Gasteiger partial charge in [-0.15, -0.1) is 0 Å². The predicted molar refractivity (Wildman–Crippen MR) is 145 cm³/mol. The number of alkyl carbamates (subject to hydrolysis) is 1. The van der Waals surface area contributed by atoms with Crippen molar-refractivity contribution in [2.45, 2.75) is 26.0 Å². The zero-order valence-electron chi connectivity index (χ0n) is 21.5. The molecule has 3 aromatic rings. The molecule has 1 fully saturated rings. The summed E-state index contributed by atoms with van der Waals surface area (Å²) in [7, 11) is 0. The van der Waals surface area contributed by atoms with Crippen LogP contribution in [-0.4, -0.2) is 55.7 Å². The third kappa shape index (κ3) is 7.35. The molecule has 1 aliphatic rings. The fraction of sp³-hybridized carbons (Fsp3) is 0.300. The molecule has 8 heteroatoms. The molecule has 1 heterocycles. The van der Waals surface area contributed by atoms with Gasteiger partial charge in [-0.05, 0) is 35.7 Å². The number of benzene rings is 3. The summed E-state index contributed by atoms with van der Waals surface area (Å²) >= 11 is 0. The Morgan fingerprint density at radius 2 is 1.42 bits per heavy atom. The van der Waals surface area contributed by atoms with Gasteiger partial charge in [-0.3, -0.25) is 9.59 Å². The summed E-state index contributed by atoms with van der Waals surface area (Å²) < 4.78 is 10.4. The largest absolute Gasteiger partial charge is 0.466 e. The second kappa shape index (κ2) is 13.3. The van der Waals surface area contributed by atoms with Crippen LogP contribution in [0, 0.1) is 0 Å². The van der Waals surface area contributed by atoms with Crippen LogP contribution < -0.4 is 10.2 Å². The monoisotopic (exact) mass is 515 g/mol. The molecule has 1 N–H and O–H groups in total. The van der Waals surface area contributed by atoms with E-state index < -0.39 is 12.1 Å². The van der Waals surface area contributed by atoms with Crippen LogP contribution in [0.4, 0.5) is 10.5 Å². The van der Waals surface area contributed by atoms with Crippen molar-refractivity contribution in [2.24, 2.45) is 0 Å². The van der Waals surface area contributed by atoms with Gasteiger partial charge in [-0.2, -0.15) is 0 Å². The third-order valence-corrected chi connectivity index (χ3v) is 6.40. The highest BCUT2D eigenvalue weighted by Crippen LogP contribution is 2.21. The zero-order chi connectivity index (χ0) is 26.7. The van der Waals surface area contributed by atoms with Gasteiger partial charge < -0.3 is 24.6 Å². The Balaban J connectivity index is 1.35. The van der Waals surface area contributed by atoms with E-state index in [0.717, 1.165) is 16.8 Å². The summed E-state index contributed by atoms with van der Waals surface area (Å²) in [6, 6.07) is 25.6. The minimum atomic E-state index is -0.840. The highest BCUT2D eigenvalue weighted by atomic mass is 16.5. The lowest BCUT2D eigenvalue weighted by molar-refractivity contribution is -0.142. The van der Waals surface area contributed by atoms with Gasteiger partial charge in [0.05, 0.1) is 13.0 Å². The van der Waals surface area contributed by atoms with Gasteiger partial charge in [0.15, 0.2) is 0 Å². The summed E-state index contributed by atoms with van der Waals surface area (Å²) in [4.78, 5) is 41.9. The van der Waals surface area contributed by atoms with Crippen molar-refractivity contribution in [1.29, 1.82) is 0 Å². The molecule has 8 nitrogen and oxygen atoms in total. The van der Waals surface area contributed by atoms with Crippen LogP contribution >= 0.6 is 0 Å². The average Bonchev–Trinajstić information content (AvgIpc) is 2.96. The van der Waals surface area contributed by atoms with Crippen molar-refractivity contribution in [1.82, 2.24) is 10.2 Å². The molecule has 0 bridgehead atoms. The number of esters is 1. The first kappa shape index (κ1) is 26.7. The SMILES string of the molecule is CCOC(=O)Cc1ccc(N2CCN(C(=O)C(NC(=O)OCc3ccccc3)c3ccccc3)CC2)cc1. The van der Waals surface area contributed by atoms with Crippen LogP contribution in [0.5, 0.6) is 0 Å². The lowest BCUT2D eigenvalue weighted by atomic mass is 10.1. The smallest absolute Gasteiger partial charge is 0.408 e. The van der Waals surface area contributed by atoms with Crippen LogP contribution in [0.3, 0.4) is 0 Å². The summed E-state index contributed by atoms with van der Waals surface area (Å²) in [5.41, 5.74) is 3.51. The topological polar surface area (TPSA) is 88.2 Å². The van der Waals surface area contributed by atoms with Gasteiger partial charge in [-0.25, -0.2) is 4.79 Å². The second-order valence-corrected chi connectivity index (χ2v) is 9.01. The van der Waals surface area contributed by atoms with Gasteiger partial charge in [0, 0.05) is 31.9 Å². The number of anilines is 1. The molecule has 1 atom stereocenters. The molecule has 2 amide bonds. The van der Waals surface area contributed by atoms with Crippen molar-refractivity contribution < 1.29 is 23.9 Å². The number of amides is 2. The summed E-state index contributed by atoms with van der Waals surface area (Å²) in [5.74, 6) is -0.407. The number of carbonyl (C=O) groups excluding carboxylic acids is 3. The lowest BCUT2D eigenvalue weighted by Crippen LogP contribution is -2.52. The first-order chi connectivity index (χ1) is 18.5. The Morgan fingerprint density at radius 1 is 0.789 bits per heavy atom. The van der Waals surface area contributed by atoms with E-state index in [-0.39, 0.29) is 24.9 Å². The molecular formula is C30H33N3O5. The molecule has 0 saturated carbocycles. The van der Waals surface area contributed by atoms with E-state index in [0.29, 0.717) is 38.3 Å². The number of carbonyl (C=O) groups is 3. The van der Waals surface area contributed by atoms with Crippen LogP contribution in [0.15, 0.2) is 84.9 Å². The highest BCUT2D eigenvalue weighted by Gasteiger charge is 2.30. The van der Waals surface area contributed by atoms with E-state index in [2.05, 4.69) is 10.2 Å². The number of hydrogen-bond donors (Lipinski definition) is 1. The Kier molecular flexibility index (Phi) is 9.34. The predicted octanol–water partition coefficient (Wildman–Crippen LogP) is 4.11. The van der Waals surface area contributed by atoms with Crippen LogP contribution in [0.1, 0.15) is 29.7 Å². The standard InChI is InChI=1S/C30H33N3O5/c1-2-37-27(34)21-23-13-15-26(16-14-23)32-17-19-33(20-18-32)29(35)28(25-11-7-4-8-12-25)31-30(36)38-22-24-9-5-3-6-10-24/h3-16,28H,2,17-22H2,1H3,(H,31,36). The number of ether oxygens (including phenoxy) is 2. The molecule has 1 unspecified atom stereocenters. The Bertz CT molecular complexity index is 1190. The molecular weight excluding hydrogens is 482 g/mol. The first-order valence-electron chi connectivity index (χ1n) is 12.8. The van der Waals surface area contributed by atoms with Crippen LogP contribution in [-0.2, 0) is 32.1 Å². The van der Waals surface area contributed by atoms with Crippen molar-refractivity contribution in [3.8, 4) is 0 Å².